The minimum absolute atomic E-state index is 0.121. The number of hydrogen-bond acceptors (Lipinski definition) is 6. The zero-order valence-corrected chi connectivity index (χ0v) is 17.6. The molecule has 2 heterocycles. The summed E-state index contributed by atoms with van der Waals surface area (Å²) in [5.41, 5.74) is 1.55. The van der Waals surface area contributed by atoms with Gasteiger partial charge in [0.2, 0.25) is 5.95 Å². The van der Waals surface area contributed by atoms with Crippen LogP contribution < -0.4 is 20.5 Å². The van der Waals surface area contributed by atoms with Crippen molar-refractivity contribution in [3.8, 4) is 5.75 Å². The number of anilines is 2. The fraction of sp³-hybridized carbons (Fsp3) is 0.348. The molecule has 0 unspecified atom stereocenters. The van der Waals surface area contributed by atoms with E-state index in [1.807, 2.05) is 48.7 Å². The summed E-state index contributed by atoms with van der Waals surface area (Å²) in [6, 6.07) is 13.6. The molecule has 0 fully saturated rings. The van der Waals surface area contributed by atoms with E-state index in [1.165, 1.54) is 0 Å². The molecule has 0 radical (unpaired) electrons. The number of aromatic nitrogens is 3. The first kappa shape index (κ1) is 21.4. The van der Waals surface area contributed by atoms with Crippen LogP contribution in [0.5, 0.6) is 5.75 Å². The topological polar surface area (TPSA) is 83.1 Å². The molecule has 158 valence electrons. The van der Waals surface area contributed by atoms with Gasteiger partial charge in [0.15, 0.2) is 0 Å². The molecule has 7 heteroatoms. The largest absolute Gasteiger partial charge is 0.497 e. The Morgan fingerprint density at radius 3 is 2.60 bits per heavy atom. The smallest absolute Gasteiger partial charge is 0.255 e. The average Bonchev–Trinajstić information content (AvgIpc) is 2.78. The monoisotopic (exact) mass is 407 g/mol. The number of rotatable bonds is 11. The summed E-state index contributed by atoms with van der Waals surface area (Å²) in [7, 11) is 1.63. The lowest BCUT2D eigenvalue weighted by atomic mass is 10.1. The Balaban J connectivity index is 1.51. The molecule has 7 nitrogen and oxygen atoms in total. The highest BCUT2D eigenvalue weighted by molar-refractivity contribution is 5.37. The number of benzene rings is 1. The zero-order chi connectivity index (χ0) is 21.2. The molecule has 0 aliphatic carbocycles. The van der Waals surface area contributed by atoms with E-state index in [0.717, 1.165) is 43.1 Å². The standard InChI is InChI=1S/C23H29N5O2/c1-3-14-28(21-7-4-5-12-24-21)15-6-13-25-23-26-17-19(22(29)27-23)16-18-8-10-20(30-2)11-9-18/h4-5,7-12,17H,3,6,13-16H2,1-2H3,(H2,25,26,27,29). The molecule has 2 N–H and O–H groups in total. The van der Waals surface area contributed by atoms with Crippen LogP contribution >= 0.6 is 0 Å². The summed E-state index contributed by atoms with van der Waals surface area (Å²) in [6.07, 6.45) is 5.96. The van der Waals surface area contributed by atoms with Crippen LogP contribution in [0.4, 0.5) is 11.8 Å². The third kappa shape index (κ3) is 6.07. The minimum atomic E-state index is -0.121. The molecule has 0 saturated carbocycles. The first-order valence-electron chi connectivity index (χ1n) is 10.3. The third-order valence-corrected chi connectivity index (χ3v) is 4.79. The summed E-state index contributed by atoms with van der Waals surface area (Å²) in [6.45, 7) is 4.73. The van der Waals surface area contributed by atoms with Gasteiger partial charge in [-0.1, -0.05) is 25.1 Å². The Kier molecular flexibility index (Phi) is 7.83. The van der Waals surface area contributed by atoms with E-state index in [0.29, 0.717) is 24.5 Å². The number of nitrogens with zero attached hydrogens (tertiary/aromatic N) is 3. The Hall–Kier alpha value is -3.35. The quantitative estimate of drug-likeness (QED) is 0.474. The average molecular weight is 408 g/mol. The van der Waals surface area contributed by atoms with Gasteiger partial charge in [-0.3, -0.25) is 9.78 Å². The fourth-order valence-electron chi connectivity index (χ4n) is 3.23. The van der Waals surface area contributed by atoms with Gasteiger partial charge in [0.25, 0.3) is 5.56 Å². The summed E-state index contributed by atoms with van der Waals surface area (Å²) in [5, 5.41) is 3.21. The molecule has 0 bridgehead atoms. The van der Waals surface area contributed by atoms with Crippen molar-refractivity contribution in [2.45, 2.75) is 26.2 Å². The van der Waals surface area contributed by atoms with Gasteiger partial charge in [-0.05, 0) is 42.7 Å². The Bertz CT molecular complexity index is 957. The molecule has 0 saturated heterocycles. The van der Waals surface area contributed by atoms with Gasteiger partial charge >= 0.3 is 0 Å². The lowest BCUT2D eigenvalue weighted by molar-refractivity contribution is 0.414. The van der Waals surface area contributed by atoms with Crippen molar-refractivity contribution in [1.29, 1.82) is 0 Å². The van der Waals surface area contributed by atoms with Crippen LogP contribution in [0, 0.1) is 0 Å². The number of nitrogens with one attached hydrogen (secondary N) is 2. The van der Waals surface area contributed by atoms with Crippen molar-refractivity contribution >= 4 is 11.8 Å². The molecule has 0 aliphatic rings. The SMILES string of the molecule is CCCN(CCCNc1ncc(Cc2ccc(OC)cc2)c(=O)[nH]1)c1ccccn1. The van der Waals surface area contributed by atoms with Gasteiger partial charge in [-0.25, -0.2) is 9.97 Å². The van der Waals surface area contributed by atoms with Gasteiger partial charge in [-0.15, -0.1) is 0 Å². The van der Waals surface area contributed by atoms with E-state index in [4.69, 9.17) is 4.74 Å². The highest BCUT2D eigenvalue weighted by atomic mass is 16.5. The Labute approximate surface area is 177 Å². The van der Waals surface area contributed by atoms with Crippen LogP contribution in [0.1, 0.15) is 30.9 Å². The van der Waals surface area contributed by atoms with Crippen LogP contribution in [0.2, 0.25) is 0 Å². The maximum atomic E-state index is 12.4. The number of H-pyrrole nitrogens is 1. The molecule has 0 spiro atoms. The molecule has 1 aromatic carbocycles. The Morgan fingerprint density at radius 1 is 1.10 bits per heavy atom. The summed E-state index contributed by atoms with van der Waals surface area (Å²) < 4.78 is 5.16. The molecule has 2 aromatic heterocycles. The highest BCUT2D eigenvalue weighted by Gasteiger charge is 2.07. The predicted octanol–water partition coefficient (Wildman–Crippen LogP) is 3.48. The van der Waals surface area contributed by atoms with Crippen LogP contribution in [-0.4, -0.2) is 41.7 Å². The van der Waals surface area contributed by atoms with Gasteiger partial charge in [-0.2, -0.15) is 0 Å². The Morgan fingerprint density at radius 2 is 1.93 bits per heavy atom. The molecule has 0 amide bonds. The van der Waals surface area contributed by atoms with Gasteiger partial charge < -0.3 is 15.0 Å². The van der Waals surface area contributed by atoms with E-state index in [9.17, 15) is 4.79 Å². The van der Waals surface area contributed by atoms with Crippen molar-refractivity contribution in [3.63, 3.8) is 0 Å². The maximum Gasteiger partial charge on any atom is 0.255 e. The summed E-state index contributed by atoms with van der Waals surface area (Å²) in [5.74, 6) is 2.29. The second-order valence-corrected chi connectivity index (χ2v) is 7.07. The first-order valence-corrected chi connectivity index (χ1v) is 10.3. The maximum absolute atomic E-state index is 12.4. The number of methoxy groups -OCH3 is 1. The summed E-state index contributed by atoms with van der Waals surface area (Å²) >= 11 is 0. The zero-order valence-electron chi connectivity index (χ0n) is 17.6. The highest BCUT2D eigenvalue weighted by Crippen LogP contribution is 2.13. The number of hydrogen-bond donors (Lipinski definition) is 2. The van der Waals surface area contributed by atoms with E-state index in [2.05, 4.69) is 32.1 Å². The van der Waals surface area contributed by atoms with Crippen molar-refractivity contribution in [2.75, 3.05) is 37.0 Å². The predicted molar refractivity (Wildman–Crippen MR) is 121 cm³/mol. The number of pyridine rings is 1. The first-order chi connectivity index (χ1) is 14.7. The molecular weight excluding hydrogens is 378 g/mol. The lowest BCUT2D eigenvalue weighted by Gasteiger charge is -2.23. The molecule has 3 rings (SSSR count). The van der Waals surface area contributed by atoms with E-state index < -0.39 is 0 Å². The minimum Gasteiger partial charge on any atom is -0.497 e. The van der Waals surface area contributed by atoms with Crippen molar-refractivity contribution < 1.29 is 4.74 Å². The van der Waals surface area contributed by atoms with Crippen LogP contribution in [0.3, 0.4) is 0 Å². The lowest BCUT2D eigenvalue weighted by Crippen LogP contribution is -2.27. The fourth-order valence-corrected chi connectivity index (χ4v) is 3.23. The molecule has 30 heavy (non-hydrogen) atoms. The van der Waals surface area contributed by atoms with E-state index in [-0.39, 0.29) is 5.56 Å². The van der Waals surface area contributed by atoms with Crippen molar-refractivity contribution in [2.24, 2.45) is 0 Å². The van der Waals surface area contributed by atoms with Gasteiger partial charge in [0.1, 0.15) is 11.6 Å². The van der Waals surface area contributed by atoms with Gasteiger partial charge in [0, 0.05) is 44.0 Å². The second kappa shape index (κ2) is 11.0. The molecule has 0 aliphatic heterocycles. The number of ether oxygens (including phenoxy) is 1. The second-order valence-electron chi connectivity index (χ2n) is 7.07. The van der Waals surface area contributed by atoms with Crippen molar-refractivity contribution in [3.05, 3.63) is 76.3 Å². The normalized spacial score (nSPS) is 10.6. The summed E-state index contributed by atoms with van der Waals surface area (Å²) in [4.78, 5) is 26.3. The van der Waals surface area contributed by atoms with Crippen LogP contribution in [0.25, 0.3) is 0 Å². The third-order valence-electron chi connectivity index (χ3n) is 4.79. The van der Waals surface area contributed by atoms with E-state index >= 15 is 0 Å². The molecule has 0 atom stereocenters. The van der Waals surface area contributed by atoms with Crippen LogP contribution in [-0.2, 0) is 6.42 Å². The van der Waals surface area contributed by atoms with Crippen molar-refractivity contribution in [1.82, 2.24) is 15.0 Å². The molecular formula is C23H29N5O2. The number of aromatic amines is 1. The van der Waals surface area contributed by atoms with Gasteiger partial charge in [0.05, 0.1) is 7.11 Å². The molecule has 3 aromatic rings. The van der Waals surface area contributed by atoms with Crippen LogP contribution in [0.15, 0.2) is 59.7 Å². The van der Waals surface area contributed by atoms with E-state index in [1.54, 1.807) is 13.3 Å².